The minimum Gasteiger partial charge on any atom is -0.507 e. The molecule has 0 aliphatic heterocycles. The molecular weight excluding hydrogens is 353 g/mol. The van der Waals surface area contributed by atoms with E-state index in [1.807, 2.05) is 30.3 Å². The van der Waals surface area contributed by atoms with E-state index < -0.39 is 11.6 Å². The van der Waals surface area contributed by atoms with E-state index in [2.05, 4.69) is 4.98 Å². The maximum Gasteiger partial charge on any atom is 0.165 e. The highest BCUT2D eigenvalue weighted by Gasteiger charge is 2.11. The molecule has 0 saturated carbocycles. The molecule has 0 atom stereocenters. The lowest BCUT2D eigenvalue weighted by Gasteiger charge is -2.09. The van der Waals surface area contributed by atoms with Gasteiger partial charge < -0.3 is 10.2 Å². The third-order valence-corrected chi connectivity index (χ3v) is 4.53. The molecule has 3 nitrogen and oxygen atoms in total. The first kappa shape index (κ1) is 16.4. The van der Waals surface area contributed by atoms with Crippen LogP contribution in [-0.4, -0.2) is 15.2 Å². The topological polar surface area (TPSA) is 53.4 Å². The number of aromatic nitrogens is 1. The Morgan fingerprint density at radius 2 is 1.58 bits per heavy atom. The number of phenols is 2. The number of hydrogen-bond acceptors (Lipinski definition) is 3. The molecule has 0 unspecified atom stereocenters. The summed E-state index contributed by atoms with van der Waals surface area (Å²) in [6, 6.07) is 18.3. The Morgan fingerprint density at radius 1 is 0.808 bits per heavy atom. The van der Waals surface area contributed by atoms with Crippen molar-refractivity contribution in [3.05, 3.63) is 77.6 Å². The van der Waals surface area contributed by atoms with Crippen LogP contribution in [-0.2, 0) is 0 Å². The zero-order chi connectivity index (χ0) is 18.3. The molecule has 3 aromatic carbocycles. The van der Waals surface area contributed by atoms with Gasteiger partial charge in [-0.2, -0.15) is 0 Å². The summed E-state index contributed by atoms with van der Waals surface area (Å²) in [5, 5.41) is 20.6. The van der Waals surface area contributed by atoms with Crippen molar-refractivity contribution < 1.29 is 14.6 Å². The van der Waals surface area contributed by atoms with Gasteiger partial charge in [-0.1, -0.05) is 35.9 Å². The second-order valence-corrected chi connectivity index (χ2v) is 6.31. The number of benzene rings is 3. The molecule has 0 aliphatic carbocycles. The van der Waals surface area contributed by atoms with Gasteiger partial charge in [0.25, 0.3) is 0 Å². The smallest absolute Gasteiger partial charge is 0.165 e. The lowest BCUT2D eigenvalue weighted by atomic mass is 10.0. The summed E-state index contributed by atoms with van der Waals surface area (Å²) in [5.41, 5.74) is 3.21. The third-order valence-electron chi connectivity index (χ3n) is 4.22. The van der Waals surface area contributed by atoms with E-state index in [1.165, 1.54) is 12.1 Å². The van der Waals surface area contributed by atoms with Crippen molar-refractivity contribution in [3.63, 3.8) is 0 Å². The minimum atomic E-state index is -0.713. The number of pyridine rings is 1. The fourth-order valence-corrected chi connectivity index (χ4v) is 3.14. The number of halogens is 2. The van der Waals surface area contributed by atoms with Crippen LogP contribution in [0.1, 0.15) is 0 Å². The van der Waals surface area contributed by atoms with Crippen molar-refractivity contribution in [2.75, 3.05) is 0 Å². The van der Waals surface area contributed by atoms with E-state index in [4.69, 9.17) is 11.6 Å². The van der Waals surface area contributed by atoms with Crippen molar-refractivity contribution in [1.29, 1.82) is 0 Å². The van der Waals surface area contributed by atoms with E-state index in [9.17, 15) is 14.6 Å². The molecule has 26 heavy (non-hydrogen) atoms. The number of fused-ring (bicyclic) bond motifs is 1. The lowest BCUT2D eigenvalue weighted by Crippen LogP contribution is -1.89. The van der Waals surface area contributed by atoms with Crippen molar-refractivity contribution in [1.82, 2.24) is 4.98 Å². The predicted molar refractivity (Wildman–Crippen MR) is 101 cm³/mol. The van der Waals surface area contributed by atoms with Gasteiger partial charge in [-0.05, 0) is 48.0 Å². The van der Waals surface area contributed by atoms with Crippen LogP contribution in [0.15, 0.2) is 66.7 Å². The van der Waals surface area contributed by atoms with Gasteiger partial charge in [0.15, 0.2) is 11.6 Å². The summed E-state index contributed by atoms with van der Waals surface area (Å²) in [5.74, 6) is -0.935. The van der Waals surface area contributed by atoms with E-state index in [0.29, 0.717) is 27.4 Å². The minimum absolute atomic E-state index is 0.187. The first-order valence-electron chi connectivity index (χ1n) is 7.90. The quantitative estimate of drug-likeness (QED) is 0.474. The summed E-state index contributed by atoms with van der Waals surface area (Å²) in [6.45, 7) is 0. The maximum absolute atomic E-state index is 13.6. The molecular formula is C21H13ClFNO2. The van der Waals surface area contributed by atoms with Gasteiger partial charge in [-0.25, -0.2) is 9.37 Å². The normalized spacial score (nSPS) is 11.0. The number of nitrogens with zero attached hydrogens (tertiary/aromatic N) is 1. The number of aromatic hydroxyl groups is 2. The standard InChI is InChI=1S/C21H13ClFNO2/c22-16-11-19(13-6-8-21(26)17(23)10-13)24-18-7-5-12(9-15(16)18)14-3-1-2-4-20(14)25/h1-11,25-26H. The van der Waals surface area contributed by atoms with Gasteiger partial charge in [0.2, 0.25) is 0 Å². The van der Waals surface area contributed by atoms with Gasteiger partial charge in [0.1, 0.15) is 5.75 Å². The SMILES string of the molecule is Oc1ccc(-c2cc(Cl)c3cc(-c4ccccc4O)ccc3n2)cc1F. The second-order valence-electron chi connectivity index (χ2n) is 5.90. The number of rotatable bonds is 2. The Hall–Kier alpha value is -3.11. The van der Waals surface area contributed by atoms with Gasteiger partial charge >= 0.3 is 0 Å². The Balaban J connectivity index is 1.85. The van der Waals surface area contributed by atoms with Gasteiger partial charge in [-0.3, -0.25) is 0 Å². The highest BCUT2D eigenvalue weighted by Crippen LogP contribution is 2.34. The molecule has 5 heteroatoms. The molecule has 1 heterocycles. The van der Waals surface area contributed by atoms with Crippen LogP contribution in [0.25, 0.3) is 33.3 Å². The monoisotopic (exact) mass is 365 g/mol. The second kappa shape index (κ2) is 6.32. The predicted octanol–water partition coefficient (Wildman–Crippen LogP) is 5.77. The molecule has 2 N–H and O–H groups in total. The zero-order valence-corrected chi connectivity index (χ0v) is 14.2. The summed E-state index contributed by atoms with van der Waals surface area (Å²) < 4.78 is 13.6. The number of para-hydroxylation sites is 1. The van der Waals surface area contributed by atoms with E-state index in [0.717, 1.165) is 10.9 Å². The zero-order valence-electron chi connectivity index (χ0n) is 13.4. The fraction of sp³-hybridized carbons (Fsp3) is 0. The van der Waals surface area contributed by atoms with Crippen molar-refractivity contribution in [3.8, 4) is 33.9 Å². The summed E-state index contributed by atoms with van der Waals surface area (Å²) in [4.78, 5) is 4.54. The summed E-state index contributed by atoms with van der Waals surface area (Å²) >= 11 is 6.44. The molecule has 0 spiro atoms. The molecule has 0 saturated heterocycles. The van der Waals surface area contributed by atoms with Crippen LogP contribution in [0, 0.1) is 5.82 Å². The number of phenolic OH excluding ortho intramolecular Hbond substituents is 2. The molecule has 0 radical (unpaired) electrons. The van der Waals surface area contributed by atoms with Crippen molar-refractivity contribution in [2.24, 2.45) is 0 Å². The molecule has 0 amide bonds. The Bertz CT molecular complexity index is 1140. The highest BCUT2D eigenvalue weighted by molar-refractivity contribution is 6.35. The number of hydrogen-bond donors (Lipinski definition) is 2. The highest BCUT2D eigenvalue weighted by atomic mass is 35.5. The lowest BCUT2D eigenvalue weighted by molar-refractivity contribution is 0.432. The molecule has 4 rings (SSSR count). The van der Waals surface area contributed by atoms with Crippen LogP contribution in [0.4, 0.5) is 4.39 Å². The van der Waals surface area contributed by atoms with Crippen LogP contribution in [0.3, 0.4) is 0 Å². The van der Waals surface area contributed by atoms with E-state index >= 15 is 0 Å². The third kappa shape index (κ3) is 2.85. The van der Waals surface area contributed by atoms with Crippen molar-refractivity contribution in [2.45, 2.75) is 0 Å². The van der Waals surface area contributed by atoms with E-state index in [-0.39, 0.29) is 5.75 Å². The molecule has 0 bridgehead atoms. The van der Waals surface area contributed by atoms with Gasteiger partial charge in [0.05, 0.1) is 16.2 Å². The largest absolute Gasteiger partial charge is 0.507 e. The first-order valence-corrected chi connectivity index (χ1v) is 8.28. The summed E-state index contributed by atoms with van der Waals surface area (Å²) in [6.07, 6.45) is 0. The molecule has 0 fully saturated rings. The average molecular weight is 366 g/mol. The van der Waals surface area contributed by atoms with Gasteiger partial charge in [0, 0.05) is 16.5 Å². The van der Waals surface area contributed by atoms with Crippen molar-refractivity contribution >= 4 is 22.5 Å². The maximum atomic E-state index is 13.6. The Morgan fingerprint density at radius 3 is 2.35 bits per heavy atom. The average Bonchev–Trinajstić information content (AvgIpc) is 2.64. The first-order chi connectivity index (χ1) is 12.5. The van der Waals surface area contributed by atoms with Gasteiger partial charge in [-0.15, -0.1) is 0 Å². The van der Waals surface area contributed by atoms with Crippen LogP contribution < -0.4 is 0 Å². The molecule has 1 aromatic heterocycles. The molecule has 4 aromatic rings. The molecule has 128 valence electrons. The Labute approximate surface area is 154 Å². The Kier molecular flexibility index (Phi) is 3.98. The van der Waals surface area contributed by atoms with Crippen LogP contribution in [0.2, 0.25) is 5.02 Å². The summed E-state index contributed by atoms with van der Waals surface area (Å²) in [7, 11) is 0. The molecule has 0 aliphatic rings. The van der Waals surface area contributed by atoms with Crippen LogP contribution >= 0.6 is 11.6 Å². The van der Waals surface area contributed by atoms with E-state index in [1.54, 1.807) is 24.3 Å². The fourth-order valence-electron chi connectivity index (χ4n) is 2.88. The van der Waals surface area contributed by atoms with Crippen LogP contribution in [0.5, 0.6) is 11.5 Å².